The highest BCUT2D eigenvalue weighted by molar-refractivity contribution is 5.50. The Hall–Kier alpha value is -1.30. The number of halogens is 4. The Labute approximate surface area is 109 Å². The Morgan fingerprint density at radius 3 is 2.32 bits per heavy atom. The first kappa shape index (κ1) is 14.1. The molecule has 2 rings (SSSR count). The summed E-state index contributed by atoms with van der Waals surface area (Å²) in [6, 6.07) is 3.12. The monoisotopic (exact) mass is 276 g/mol. The summed E-state index contributed by atoms with van der Waals surface area (Å²) in [6.07, 6.45) is -2.79. The SMILES string of the molecule is CNC1CCN(c2ccc(C(F)(F)F)cc2F)CC1. The largest absolute Gasteiger partial charge is 0.416 e. The van der Waals surface area contributed by atoms with Crippen LogP contribution in [0.15, 0.2) is 18.2 Å². The summed E-state index contributed by atoms with van der Waals surface area (Å²) in [6.45, 7) is 1.29. The number of rotatable bonds is 2. The van der Waals surface area contributed by atoms with Crippen LogP contribution in [0.2, 0.25) is 0 Å². The lowest BCUT2D eigenvalue weighted by atomic mass is 10.0. The topological polar surface area (TPSA) is 15.3 Å². The number of hydrogen-bond donors (Lipinski definition) is 1. The summed E-state index contributed by atoms with van der Waals surface area (Å²) in [5, 5.41) is 3.15. The molecule has 1 aliphatic heterocycles. The van der Waals surface area contributed by atoms with Crippen LogP contribution in [0.1, 0.15) is 18.4 Å². The normalized spacial score (nSPS) is 17.8. The zero-order valence-electron chi connectivity index (χ0n) is 10.6. The molecular formula is C13H16F4N2. The maximum Gasteiger partial charge on any atom is 0.416 e. The van der Waals surface area contributed by atoms with E-state index in [1.807, 2.05) is 7.05 Å². The number of alkyl halides is 3. The lowest BCUT2D eigenvalue weighted by Gasteiger charge is -2.33. The van der Waals surface area contributed by atoms with E-state index in [-0.39, 0.29) is 5.69 Å². The Balaban J connectivity index is 2.14. The first-order valence-corrected chi connectivity index (χ1v) is 6.21. The Morgan fingerprint density at radius 1 is 1.21 bits per heavy atom. The van der Waals surface area contributed by atoms with E-state index in [0.29, 0.717) is 25.2 Å². The van der Waals surface area contributed by atoms with Crippen molar-refractivity contribution < 1.29 is 17.6 Å². The van der Waals surface area contributed by atoms with E-state index < -0.39 is 17.6 Å². The van der Waals surface area contributed by atoms with Crippen LogP contribution >= 0.6 is 0 Å². The van der Waals surface area contributed by atoms with E-state index in [0.717, 1.165) is 18.9 Å². The highest BCUT2D eigenvalue weighted by Gasteiger charge is 2.31. The smallest absolute Gasteiger partial charge is 0.369 e. The van der Waals surface area contributed by atoms with Crippen molar-refractivity contribution in [3.8, 4) is 0 Å². The number of benzene rings is 1. The van der Waals surface area contributed by atoms with Crippen LogP contribution in [0.4, 0.5) is 23.2 Å². The fraction of sp³-hybridized carbons (Fsp3) is 0.538. The molecule has 0 unspecified atom stereocenters. The molecule has 1 fully saturated rings. The number of anilines is 1. The van der Waals surface area contributed by atoms with Crippen molar-refractivity contribution >= 4 is 5.69 Å². The minimum atomic E-state index is -4.50. The fourth-order valence-corrected chi connectivity index (χ4v) is 2.35. The fourth-order valence-electron chi connectivity index (χ4n) is 2.35. The molecule has 1 saturated heterocycles. The van der Waals surface area contributed by atoms with Crippen LogP contribution in [0.25, 0.3) is 0 Å². The van der Waals surface area contributed by atoms with Gasteiger partial charge in [-0.1, -0.05) is 0 Å². The van der Waals surface area contributed by atoms with Crippen LogP contribution in [-0.4, -0.2) is 26.2 Å². The molecule has 0 aliphatic carbocycles. The van der Waals surface area contributed by atoms with Crippen LogP contribution in [-0.2, 0) is 6.18 Å². The second kappa shape index (κ2) is 5.36. The number of piperidine rings is 1. The summed E-state index contributed by atoms with van der Waals surface area (Å²) in [5.74, 6) is -0.808. The summed E-state index contributed by atoms with van der Waals surface area (Å²) in [5.41, 5.74) is -0.693. The zero-order chi connectivity index (χ0) is 14.0. The van der Waals surface area contributed by atoms with Gasteiger partial charge in [-0.3, -0.25) is 0 Å². The standard InChI is InChI=1S/C13H16F4N2/c1-18-10-4-6-19(7-5-10)12-3-2-9(8-11(12)14)13(15,16)17/h2-3,8,10,18H,4-7H2,1H3. The molecule has 1 N–H and O–H groups in total. The van der Waals surface area contributed by atoms with Gasteiger partial charge in [0.1, 0.15) is 5.82 Å². The number of hydrogen-bond acceptors (Lipinski definition) is 2. The van der Waals surface area contributed by atoms with Crippen molar-refractivity contribution in [3.05, 3.63) is 29.6 Å². The van der Waals surface area contributed by atoms with E-state index in [2.05, 4.69) is 5.32 Å². The van der Waals surface area contributed by atoms with Crippen molar-refractivity contribution in [2.75, 3.05) is 25.0 Å². The van der Waals surface area contributed by atoms with Gasteiger partial charge in [-0.15, -0.1) is 0 Å². The molecule has 0 atom stereocenters. The van der Waals surface area contributed by atoms with Gasteiger partial charge in [-0.2, -0.15) is 13.2 Å². The van der Waals surface area contributed by atoms with Gasteiger partial charge in [0.2, 0.25) is 0 Å². The Bertz CT molecular complexity index is 437. The summed E-state index contributed by atoms with van der Waals surface area (Å²) in [4.78, 5) is 1.79. The second-order valence-corrected chi connectivity index (χ2v) is 4.71. The molecule has 0 saturated carbocycles. The van der Waals surface area contributed by atoms with E-state index >= 15 is 0 Å². The molecule has 6 heteroatoms. The Morgan fingerprint density at radius 2 is 1.84 bits per heavy atom. The van der Waals surface area contributed by atoms with Gasteiger partial charge in [0.05, 0.1) is 11.3 Å². The molecule has 1 heterocycles. The highest BCUT2D eigenvalue weighted by atomic mass is 19.4. The first-order valence-electron chi connectivity index (χ1n) is 6.21. The average molecular weight is 276 g/mol. The number of nitrogens with zero attached hydrogens (tertiary/aromatic N) is 1. The quantitative estimate of drug-likeness (QED) is 0.835. The minimum Gasteiger partial charge on any atom is -0.369 e. The molecule has 1 aromatic rings. The predicted octanol–water partition coefficient (Wildman–Crippen LogP) is 3.03. The molecule has 0 radical (unpaired) electrons. The van der Waals surface area contributed by atoms with Crippen molar-refractivity contribution in [2.24, 2.45) is 0 Å². The Kier molecular flexibility index (Phi) is 3.99. The maximum absolute atomic E-state index is 13.8. The predicted molar refractivity (Wildman–Crippen MR) is 65.7 cm³/mol. The zero-order valence-corrected chi connectivity index (χ0v) is 10.6. The molecule has 2 nitrogen and oxygen atoms in total. The van der Waals surface area contributed by atoms with Crippen molar-refractivity contribution in [3.63, 3.8) is 0 Å². The molecule has 1 aromatic carbocycles. The molecule has 0 bridgehead atoms. The van der Waals surface area contributed by atoms with E-state index in [1.165, 1.54) is 6.07 Å². The van der Waals surface area contributed by atoms with Gasteiger partial charge < -0.3 is 10.2 Å². The molecular weight excluding hydrogens is 260 g/mol. The molecule has 0 amide bonds. The van der Waals surface area contributed by atoms with Gasteiger partial charge in [0.15, 0.2) is 0 Å². The lowest BCUT2D eigenvalue weighted by Crippen LogP contribution is -2.41. The lowest BCUT2D eigenvalue weighted by molar-refractivity contribution is -0.137. The number of nitrogens with one attached hydrogen (secondary N) is 1. The van der Waals surface area contributed by atoms with Crippen LogP contribution in [0, 0.1) is 5.82 Å². The third-order valence-corrected chi connectivity index (χ3v) is 3.52. The first-order chi connectivity index (χ1) is 8.91. The van der Waals surface area contributed by atoms with Crippen molar-refractivity contribution in [1.82, 2.24) is 5.32 Å². The van der Waals surface area contributed by atoms with Crippen molar-refractivity contribution in [2.45, 2.75) is 25.1 Å². The minimum absolute atomic E-state index is 0.252. The van der Waals surface area contributed by atoms with Crippen LogP contribution in [0.3, 0.4) is 0 Å². The van der Waals surface area contributed by atoms with Gasteiger partial charge in [0, 0.05) is 19.1 Å². The molecule has 0 spiro atoms. The van der Waals surface area contributed by atoms with Gasteiger partial charge in [-0.25, -0.2) is 4.39 Å². The summed E-state index contributed by atoms with van der Waals surface area (Å²) < 4.78 is 51.1. The molecule has 0 aromatic heterocycles. The van der Waals surface area contributed by atoms with Crippen LogP contribution in [0.5, 0.6) is 0 Å². The van der Waals surface area contributed by atoms with E-state index in [9.17, 15) is 17.6 Å². The molecule has 1 aliphatic rings. The van der Waals surface area contributed by atoms with Crippen molar-refractivity contribution in [1.29, 1.82) is 0 Å². The van der Waals surface area contributed by atoms with Crippen LogP contribution < -0.4 is 10.2 Å². The molecule has 19 heavy (non-hydrogen) atoms. The summed E-state index contributed by atoms with van der Waals surface area (Å²) in [7, 11) is 1.87. The van der Waals surface area contributed by atoms with E-state index in [1.54, 1.807) is 4.90 Å². The van der Waals surface area contributed by atoms with E-state index in [4.69, 9.17) is 0 Å². The maximum atomic E-state index is 13.8. The third kappa shape index (κ3) is 3.18. The second-order valence-electron chi connectivity index (χ2n) is 4.71. The molecule has 106 valence electrons. The van der Waals surface area contributed by atoms with Gasteiger partial charge in [-0.05, 0) is 38.1 Å². The summed E-state index contributed by atoms with van der Waals surface area (Å²) >= 11 is 0. The third-order valence-electron chi connectivity index (χ3n) is 3.52. The average Bonchev–Trinajstić information content (AvgIpc) is 2.38. The van der Waals surface area contributed by atoms with Gasteiger partial charge in [0.25, 0.3) is 0 Å². The highest BCUT2D eigenvalue weighted by Crippen LogP contribution is 2.32. The van der Waals surface area contributed by atoms with Gasteiger partial charge >= 0.3 is 6.18 Å².